The quantitative estimate of drug-likeness (QED) is 0.500. The van der Waals surface area contributed by atoms with Gasteiger partial charge >= 0.3 is 0 Å². The van der Waals surface area contributed by atoms with Crippen LogP contribution in [-0.2, 0) is 0 Å². The van der Waals surface area contributed by atoms with E-state index in [-0.39, 0.29) is 5.76 Å². The van der Waals surface area contributed by atoms with Crippen molar-refractivity contribution >= 4 is 0 Å². The molecule has 0 aromatic rings. The molecular formula is C9H11O-. The Bertz CT molecular complexity index is 215. The lowest BCUT2D eigenvalue weighted by Crippen LogP contribution is -2.02. The Morgan fingerprint density at radius 2 is 2.30 bits per heavy atom. The molecule has 0 spiro atoms. The number of hydrogen-bond donors (Lipinski definition) is 0. The smallest absolute Gasteiger partial charge is 0.0302 e. The number of rotatable bonds is 1. The van der Waals surface area contributed by atoms with Crippen molar-refractivity contribution in [2.24, 2.45) is 0 Å². The maximum Gasteiger partial charge on any atom is -0.0302 e. The lowest BCUT2D eigenvalue weighted by atomic mass is 10.1. The molecule has 0 heterocycles. The van der Waals surface area contributed by atoms with Crippen molar-refractivity contribution in [3.05, 3.63) is 35.1 Å². The Kier molecular flexibility index (Phi) is 1.95. The van der Waals surface area contributed by atoms with Crippen LogP contribution in [0.4, 0.5) is 0 Å². The summed E-state index contributed by atoms with van der Waals surface area (Å²) in [5.41, 5.74) is 2.04. The second-order valence-corrected chi connectivity index (χ2v) is 2.37. The van der Waals surface area contributed by atoms with Gasteiger partial charge in [-0.15, -0.1) is 5.76 Å². The SMILES string of the molecule is CCC1=CC=CC1=C(C)[O-]. The molecule has 0 saturated heterocycles. The molecule has 0 atom stereocenters. The van der Waals surface area contributed by atoms with E-state index >= 15 is 0 Å². The van der Waals surface area contributed by atoms with Crippen LogP contribution in [0.2, 0.25) is 0 Å². The molecule has 54 valence electrons. The van der Waals surface area contributed by atoms with Crippen molar-refractivity contribution < 1.29 is 5.11 Å². The highest BCUT2D eigenvalue weighted by molar-refractivity contribution is 5.48. The van der Waals surface area contributed by atoms with Crippen molar-refractivity contribution in [2.75, 3.05) is 0 Å². The number of allylic oxidation sites excluding steroid dienone is 6. The largest absolute Gasteiger partial charge is 0.875 e. The molecule has 0 aliphatic heterocycles. The van der Waals surface area contributed by atoms with Crippen LogP contribution in [-0.4, -0.2) is 0 Å². The van der Waals surface area contributed by atoms with E-state index in [0.29, 0.717) is 0 Å². The van der Waals surface area contributed by atoms with Gasteiger partial charge in [0.15, 0.2) is 0 Å². The lowest BCUT2D eigenvalue weighted by molar-refractivity contribution is -0.302. The molecule has 0 amide bonds. The first-order chi connectivity index (χ1) is 4.75. The van der Waals surface area contributed by atoms with Gasteiger partial charge in [-0.3, -0.25) is 0 Å². The molecule has 0 saturated carbocycles. The third kappa shape index (κ3) is 1.13. The Morgan fingerprint density at radius 1 is 1.60 bits per heavy atom. The maximum atomic E-state index is 10.9. The molecule has 1 rings (SSSR count). The molecular weight excluding hydrogens is 124 g/mol. The summed E-state index contributed by atoms with van der Waals surface area (Å²) in [6, 6.07) is 0. The van der Waals surface area contributed by atoms with Crippen LogP contribution < -0.4 is 5.11 Å². The van der Waals surface area contributed by atoms with E-state index in [9.17, 15) is 5.11 Å². The van der Waals surface area contributed by atoms with Gasteiger partial charge in [-0.25, -0.2) is 0 Å². The monoisotopic (exact) mass is 135 g/mol. The van der Waals surface area contributed by atoms with Gasteiger partial charge in [-0.2, -0.15) is 0 Å². The topological polar surface area (TPSA) is 23.1 Å². The van der Waals surface area contributed by atoms with E-state index in [0.717, 1.165) is 17.6 Å². The molecule has 1 heteroatoms. The summed E-state index contributed by atoms with van der Waals surface area (Å²) >= 11 is 0. The van der Waals surface area contributed by atoms with E-state index in [1.165, 1.54) is 0 Å². The minimum Gasteiger partial charge on any atom is -0.875 e. The first-order valence-electron chi connectivity index (χ1n) is 3.51. The summed E-state index contributed by atoms with van der Waals surface area (Å²) in [6.07, 6.45) is 6.75. The van der Waals surface area contributed by atoms with Gasteiger partial charge in [0.1, 0.15) is 0 Å². The molecule has 0 aromatic carbocycles. The molecule has 1 aliphatic carbocycles. The predicted octanol–water partition coefficient (Wildman–Crippen LogP) is 1.53. The van der Waals surface area contributed by atoms with Crippen LogP contribution in [0.15, 0.2) is 35.1 Å². The Hall–Kier alpha value is -0.980. The summed E-state index contributed by atoms with van der Waals surface area (Å²) in [4.78, 5) is 0. The molecule has 0 unspecified atom stereocenters. The van der Waals surface area contributed by atoms with Gasteiger partial charge in [0, 0.05) is 0 Å². The zero-order chi connectivity index (χ0) is 7.56. The second-order valence-electron chi connectivity index (χ2n) is 2.37. The van der Waals surface area contributed by atoms with Gasteiger partial charge in [0.25, 0.3) is 0 Å². The van der Waals surface area contributed by atoms with Gasteiger partial charge in [-0.1, -0.05) is 32.1 Å². The molecule has 1 aliphatic rings. The van der Waals surface area contributed by atoms with Crippen molar-refractivity contribution in [3.63, 3.8) is 0 Å². The van der Waals surface area contributed by atoms with Gasteiger partial charge in [0.2, 0.25) is 0 Å². The van der Waals surface area contributed by atoms with Gasteiger partial charge in [-0.05, 0) is 17.6 Å². The van der Waals surface area contributed by atoms with Crippen LogP contribution >= 0.6 is 0 Å². The average Bonchev–Trinajstić information content (AvgIpc) is 2.33. The third-order valence-corrected chi connectivity index (χ3v) is 1.67. The van der Waals surface area contributed by atoms with E-state index in [4.69, 9.17) is 0 Å². The zero-order valence-corrected chi connectivity index (χ0v) is 6.35. The normalized spacial score (nSPS) is 21.2. The Balaban J connectivity index is 2.92. The van der Waals surface area contributed by atoms with E-state index in [1.807, 2.05) is 18.2 Å². The van der Waals surface area contributed by atoms with Crippen LogP contribution in [0.3, 0.4) is 0 Å². The standard InChI is InChI=1S/C9H12O/c1-3-8-5-4-6-9(8)7(2)10/h4-6,10H,3H2,1-2H3/p-1. The summed E-state index contributed by atoms with van der Waals surface area (Å²) in [5, 5.41) is 10.9. The zero-order valence-electron chi connectivity index (χ0n) is 6.35. The predicted molar refractivity (Wildman–Crippen MR) is 40.2 cm³/mol. The Labute approximate surface area is 61.4 Å². The van der Waals surface area contributed by atoms with E-state index in [1.54, 1.807) is 6.92 Å². The highest BCUT2D eigenvalue weighted by Crippen LogP contribution is 2.22. The first-order valence-corrected chi connectivity index (χ1v) is 3.51. The minimum atomic E-state index is 0.168. The maximum absolute atomic E-state index is 10.9. The molecule has 0 aromatic heterocycles. The summed E-state index contributed by atoms with van der Waals surface area (Å²) in [5.74, 6) is 0.168. The lowest BCUT2D eigenvalue weighted by Gasteiger charge is -2.10. The van der Waals surface area contributed by atoms with Crippen LogP contribution in [0.5, 0.6) is 0 Å². The van der Waals surface area contributed by atoms with Crippen molar-refractivity contribution in [2.45, 2.75) is 20.3 Å². The molecule has 0 fully saturated rings. The molecule has 0 N–H and O–H groups in total. The van der Waals surface area contributed by atoms with Gasteiger partial charge < -0.3 is 5.11 Å². The van der Waals surface area contributed by atoms with Crippen molar-refractivity contribution in [3.8, 4) is 0 Å². The molecule has 1 nitrogen and oxygen atoms in total. The highest BCUT2D eigenvalue weighted by atomic mass is 16.3. The molecule has 10 heavy (non-hydrogen) atoms. The van der Waals surface area contributed by atoms with Crippen molar-refractivity contribution in [1.29, 1.82) is 0 Å². The highest BCUT2D eigenvalue weighted by Gasteiger charge is 2.02. The minimum absolute atomic E-state index is 0.168. The van der Waals surface area contributed by atoms with Crippen LogP contribution in [0, 0.1) is 0 Å². The second kappa shape index (κ2) is 2.74. The van der Waals surface area contributed by atoms with Crippen LogP contribution in [0.1, 0.15) is 20.3 Å². The summed E-state index contributed by atoms with van der Waals surface area (Å²) < 4.78 is 0. The Morgan fingerprint density at radius 3 is 2.70 bits per heavy atom. The van der Waals surface area contributed by atoms with Crippen molar-refractivity contribution in [1.82, 2.24) is 0 Å². The van der Waals surface area contributed by atoms with E-state index < -0.39 is 0 Å². The summed E-state index contributed by atoms with van der Waals surface area (Å²) in [6.45, 7) is 3.66. The number of hydrogen-bond acceptors (Lipinski definition) is 1. The fraction of sp³-hybridized carbons (Fsp3) is 0.333. The fourth-order valence-electron chi connectivity index (χ4n) is 1.11. The van der Waals surface area contributed by atoms with Crippen LogP contribution in [0.25, 0.3) is 0 Å². The van der Waals surface area contributed by atoms with E-state index in [2.05, 4.69) is 6.92 Å². The fourth-order valence-corrected chi connectivity index (χ4v) is 1.11. The average molecular weight is 135 g/mol. The summed E-state index contributed by atoms with van der Waals surface area (Å²) in [7, 11) is 0. The molecule has 0 radical (unpaired) electrons. The van der Waals surface area contributed by atoms with Gasteiger partial charge in [0.05, 0.1) is 0 Å². The first kappa shape index (κ1) is 7.13. The third-order valence-electron chi connectivity index (χ3n) is 1.67. The molecule has 0 bridgehead atoms.